The lowest BCUT2D eigenvalue weighted by Gasteiger charge is -2.14. The molecule has 2 aromatic heterocycles. The third kappa shape index (κ3) is 3.22. The van der Waals surface area contributed by atoms with Crippen LogP contribution in [0.25, 0.3) is 5.69 Å². The lowest BCUT2D eigenvalue weighted by molar-refractivity contribution is 0.102. The van der Waals surface area contributed by atoms with Crippen LogP contribution in [-0.2, 0) is 12.8 Å². The minimum atomic E-state index is -0.203. The molecular weight excluding hydrogens is 380 g/mol. The highest BCUT2D eigenvalue weighted by Crippen LogP contribution is 2.28. The summed E-state index contributed by atoms with van der Waals surface area (Å²) in [6, 6.07) is 13.4. The van der Waals surface area contributed by atoms with Gasteiger partial charge in [-0.25, -0.2) is 9.67 Å². The van der Waals surface area contributed by atoms with E-state index in [1.54, 1.807) is 12.3 Å². The van der Waals surface area contributed by atoms with Crippen molar-refractivity contribution >= 4 is 27.7 Å². The SMILES string of the molecule is O=C(Nc1ccccn1)c1nn(-c2cccc(Br)c2)c2c1CCCC2. The number of aromatic nitrogens is 3. The summed E-state index contributed by atoms with van der Waals surface area (Å²) in [4.78, 5) is 16.9. The summed E-state index contributed by atoms with van der Waals surface area (Å²) >= 11 is 3.51. The van der Waals surface area contributed by atoms with Crippen LogP contribution in [0.15, 0.2) is 53.1 Å². The molecule has 6 heteroatoms. The van der Waals surface area contributed by atoms with Crippen molar-refractivity contribution < 1.29 is 4.79 Å². The van der Waals surface area contributed by atoms with Crippen LogP contribution in [-0.4, -0.2) is 20.7 Å². The summed E-state index contributed by atoms with van der Waals surface area (Å²) in [5, 5.41) is 7.50. The van der Waals surface area contributed by atoms with E-state index in [4.69, 9.17) is 0 Å². The Labute approximate surface area is 154 Å². The first-order valence-corrected chi connectivity index (χ1v) is 9.11. The molecule has 3 aromatic rings. The molecule has 2 heterocycles. The van der Waals surface area contributed by atoms with Gasteiger partial charge in [-0.15, -0.1) is 0 Å². The molecule has 0 saturated heterocycles. The van der Waals surface area contributed by atoms with Crippen molar-refractivity contribution in [3.05, 3.63) is 70.1 Å². The van der Waals surface area contributed by atoms with Gasteiger partial charge >= 0.3 is 0 Å². The van der Waals surface area contributed by atoms with Crippen LogP contribution in [0, 0.1) is 0 Å². The molecule has 5 nitrogen and oxygen atoms in total. The predicted octanol–water partition coefficient (Wildman–Crippen LogP) is 4.16. The number of pyridine rings is 1. The molecule has 126 valence electrons. The zero-order chi connectivity index (χ0) is 17.2. The van der Waals surface area contributed by atoms with Gasteiger partial charge in [0.05, 0.1) is 5.69 Å². The lowest BCUT2D eigenvalue weighted by atomic mass is 9.95. The molecule has 0 atom stereocenters. The maximum atomic E-state index is 12.8. The Morgan fingerprint density at radius 1 is 1.12 bits per heavy atom. The second-order valence-corrected chi connectivity index (χ2v) is 6.96. The number of hydrogen-bond donors (Lipinski definition) is 1. The van der Waals surface area contributed by atoms with Crippen LogP contribution < -0.4 is 5.32 Å². The first-order valence-electron chi connectivity index (χ1n) is 8.31. The molecule has 1 aliphatic carbocycles. The van der Waals surface area contributed by atoms with Crippen LogP contribution in [0.1, 0.15) is 34.6 Å². The molecule has 0 aliphatic heterocycles. The van der Waals surface area contributed by atoms with Gasteiger partial charge in [-0.3, -0.25) is 4.79 Å². The summed E-state index contributed by atoms with van der Waals surface area (Å²) in [6.07, 6.45) is 5.68. The maximum absolute atomic E-state index is 12.8. The van der Waals surface area contributed by atoms with E-state index in [0.717, 1.165) is 47.1 Å². The predicted molar refractivity (Wildman–Crippen MR) is 100 cm³/mol. The number of nitrogens with zero attached hydrogens (tertiary/aromatic N) is 3. The number of hydrogen-bond acceptors (Lipinski definition) is 3. The van der Waals surface area contributed by atoms with Gasteiger partial charge in [0.2, 0.25) is 0 Å². The van der Waals surface area contributed by atoms with Crippen LogP contribution >= 0.6 is 15.9 Å². The average molecular weight is 397 g/mol. The third-order valence-corrected chi connectivity index (χ3v) is 4.85. The minimum absolute atomic E-state index is 0.203. The molecule has 1 N–H and O–H groups in total. The van der Waals surface area contributed by atoms with E-state index in [2.05, 4.69) is 31.3 Å². The molecule has 4 rings (SSSR count). The van der Waals surface area contributed by atoms with Crippen molar-refractivity contribution in [1.29, 1.82) is 0 Å². The molecule has 1 amide bonds. The van der Waals surface area contributed by atoms with Gasteiger partial charge in [-0.2, -0.15) is 5.10 Å². The number of anilines is 1. The average Bonchev–Trinajstić information content (AvgIpc) is 3.02. The van der Waals surface area contributed by atoms with Crippen molar-refractivity contribution in [1.82, 2.24) is 14.8 Å². The van der Waals surface area contributed by atoms with Gasteiger partial charge in [-0.05, 0) is 56.0 Å². The van der Waals surface area contributed by atoms with Crippen molar-refractivity contribution in [2.45, 2.75) is 25.7 Å². The van der Waals surface area contributed by atoms with Gasteiger partial charge in [0.1, 0.15) is 5.82 Å². The molecule has 0 fully saturated rings. The monoisotopic (exact) mass is 396 g/mol. The zero-order valence-electron chi connectivity index (χ0n) is 13.6. The second kappa shape index (κ2) is 6.80. The third-order valence-electron chi connectivity index (χ3n) is 4.35. The van der Waals surface area contributed by atoms with Gasteiger partial charge in [0, 0.05) is 21.9 Å². The number of rotatable bonds is 3. The number of nitrogens with one attached hydrogen (secondary N) is 1. The maximum Gasteiger partial charge on any atom is 0.277 e. The quantitative estimate of drug-likeness (QED) is 0.722. The Kier molecular flexibility index (Phi) is 4.36. The van der Waals surface area contributed by atoms with E-state index in [9.17, 15) is 4.79 Å². The lowest BCUT2D eigenvalue weighted by Crippen LogP contribution is -2.16. The van der Waals surface area contributed by atoms with Crippen LogP contribution in [0.5, 0.6) is 0 Å². The van der Waals surface area contributed by atoms with Crippen LogP contribution in [0.3, 0.4) is 0 Å². The minimum Gasteiger partial charge on any atom is -0.305 e. The first kappa shape index (κ1) is 16.0. The molecule has 0 radical (unpaired) electrons. The number of carbonyl (C=O) groups excluding carboxylic acids is 1. The molecule has 0 saturated carbocycles. The summed E-state index contributed by atoms with van der Waals surface area (Å²) in [5.74, 6) is 0.333. The summed E-state index contributed by atoms with van der Waals surface area (Å²) in [7, 11) is 0. The van der Waals surface area contributed by atoms with Crippen molar-refractivity contribution in [2.24, 2.45) is 0 Å². The molecule has 1 aliphatic rings. The Morgan fingerprint density at radius 2 is 2.00 bits per heavy atom. The van der Waals surface area contributed by atoms with Crippen molar-refractivity contribution in [3.63, 3.8) is 0 Å². The van der Waals surface area contributed by atoms with Crippen molar-refractivity contribution in [2.75, 3.05) is 5.32 Å². The normalized spacial score (nSPS) is 13.3. The first-order chi connectivity index (χ1) is 12.2. The van der Waals surface area contributed by atoms with Gasteiger partial charge in [0.15, 0.2) is 5.69 Å². The number of benzene rings is 1. The van der Waals surface area contributed by atoms with E-state index in [-0.39, 0.29) is 5.91 Å². The van der Waals surface area contributed by atoms with E-state index in [1.807, 2.05) is 41.1 Å². The second-order valence-electron chi connectivity index (χ2n) is 6.04. The van der Waals surface area contributed by atoms with E-state index in [1.165, 1.54) is 0 Å². The highest BCUT2D eigenvalue weighted by atomic mass is 79.9. The fourth-order valence-electron chi connectivity index (χ4n) is 3.22. The van der Waals surface area contributed by atoms with Crippen LogP contribution in [0.2, 0.25) is 0 Å². The Hall–Kier alpha value is -2.47. The summed E-state index contributed by atoms with van der Waals surface area (Å²) in [6.45, 7) is 0. The Bertz CT molecular complexity index is 920. The number of carbonyl (C=O) groups is 1. The molecule has 25 heavy (non-hydrogen) atoms. The van der Waals surface area contributed by atoms with Gasteiger partial charge in [0.25, 0.3) is 5.91 Å². The standard InChI is InChI=1S/C19H17BrN4O/c20-13-6-5-7-14(12-13)24-16-9-2-1-8-15(16)18(23-24)19(25)22-17-10-3-4-11-21-17/h3-7,10-12H,1-2,8-9H2,(H,21,22,25). The Balaban J connectivity index is 1.74. The molecule has 0 unspecified atom stereocenters. The summed E-state index contributed by atoms with van der Waals surface area (Å²) in [5.41, 5.74) is 3.65. The zero-order valence-corrected chi connectivity index (χ0v) is 15.2. The van der Waals surface area contributed by atoms with Crippen LogP contribution in [0.4, 0.5) is 5.82 Å². The highest BCUT2D eigenvalue weighted by molar-refractivity contribution is 9.10. The molecule has 1 aromatic carbocycles. The molecule has 0 spiro atoms. The number of amides is 1. The van der Waals surface area contributed by atoms with Crippen molar-refractivity contribution in [3.8, 4) is 5.69 Å². The van der Waals surface area contributed by atoms with Gasteiger partial charge in [-0.1, -0.05) is 28.1 Å². The van der Waals surface area contributed by atoms with E-state index in [0.29, 0.717) is 11.5 Å². The highest BCUT2D eigenvalue weighted by Gasteiger charge is 2.25. The smallest absolute Gasteiger partial charge is 0.277 e. The largest absolute Gasteiger partial charge is 0.305 e. The van der Waals surface area contributed by atoms with Gasteiger partial charge < -0.3 is 5.32 Å². The summed E-state index contributed by atoms with van der Waals surface area (Å²) < 4.78 is 2.90. The number of halogens is 1. The topological polar surface area (TPSA) is 59.8 Å². The van der Waals surface area contributed by atoms with E-state index >= 15 is 0 Å². The molecule has 0 bridgehead atoms. The fraction of sp³-hybridized carbons (Fsp3) is 0.211. The van der Waals surface area contributed by atoms with E-state index < -0.39 is 0 Å². The Morgan fingerprint density at radius 3 is 2.80 bits per heavy atom. The number of fused-ring (bicyclic) bond motifs is 1. The molecular formula is C19H17BrN4O. The fourth-order valence-corrected chi connectivity index (χ4v) is 3.60.